The van der Waals surface area contributed by atoms with E-state index < -0.39 is 6.85 Å². The van der Waals surface area contributed by atoms with Gasteiger partial charge in [-0.1, -0.05) is 60.5 Å². The molecule has 7 aromatic rings. The number of aryl methyl sites for hydroxylation is 4. The van der Waals surface area contributed by atoms with Gasteiger partial charge in [-0.25, -0.2) is 4.98 Å². The van der Waals surface area contributed by atoms with Crippen molar-refractivity contribution in [2.24, 2.45) is 0 Å². The molecule has 0 spiro atoms. The minimum Gasteiger partial charge on any atom is -0.509 e. The largest absolute Gasteiger partial charge is 2.00 e. The normalized spacial score (nSPS) is 12.5. The fourth-order valence-electron chi connectivity index (χ4n) is 5.71. The van der Waals surface area contributed by atoms with Crippen LogP contribution in [0.3, 0.4) is 0 Å². The zero-order valence-electron chi connectivity index (χ0n) is 27.2. The number of aromatic nitrogens is 4. The molecule has 43 heavy (non-hydrogen) atoms. The molecule has 6 heteroatoms. The molecule has 0 atom stereocenters. The summed E-state index contributed by atoms with van der Waals surface area (Å²) in [6.07, 6.45) is 1.77. The minimum absolute atomic E-state index is 0. The molecule has 0 unspecified atom stereocenters. The van der Waals surface area contributed by atoms with Crippen molar-refractivity contribution in [3.05, 3.63) is 131 Å². The summed E-state index contributed by atoms with van der Waals surface area (Å²) in [5, 5.41) is 6.53. The van der Waals surface area contributed by atoms with Gasteiger partial charge >= 0.3 is 21.1 Å². The topological polar surface area (TPSA) is 44.9 Å². The van der Waals surface area contributed by atoms with E-state index in [9.17, 15) is 0 Å². The van der Waals surface area contributed by atoms with Crippen molar-refractivity contribution in [2.75, 3.05) is 0 Å². The van der Waals surface area contributed by atoms with Crippen LogP contribution < -0.4 is 4.74 Å². The van der Waals surface area contributed by atoms with Gasteiger partial charge < -0.3 is 9.30 Å². The van der Waals surface area contributed by atoms with Crippen LogP contribution in [0.5, 0.6) is 11.5 Å². The van der Waals surface area contributed by atoms with E-state index >= 15 is 0 Å². The van der Waals surface area contributed by atoms with Crippen molar-refractivity contribution in [3.63, 3.8) is 0 Å². The van der Waals surface area contributed by atoms with Gasteiger partial charge in [0.1, 0.15) is 5.82 Å². The predicted octanol–water partition coefficient (Wildman–Crippen LogP) is 8.96. The summed E-state index contributed by atoms with van der Waals surface area (Å²) in [4.78, 5) is 4.64. The van der Waals surface area contributed by atoms with E-state index in [2.05, 4.69) is 36.2 Å². The van der Waals surface area contributed by atoms with Gasteiger partial charge in [0.2, 0.25) is 0 Å². The molecule has 0 N–H and O–H groups in total. The molecule has 0 fully saturated rings. The van der Waals surface area contributed by atoms with Crippen LogP contribution in [-0.2, 0) is 21.1 Å². The summed E-state index contributed by atoms with van der Waals surface area (Å²) in [6.45, 7) is 5.90. The second-order valence-electron chi connectivity index (χ2n) is 10.7. The molecule has 0 bridgehead atoms. The molecule has 0 saturated heterocycles. The molecule has 0 aliphatic rings. The van der Waals surface area contributed by atoms with Crippen LogP contribution in [0, 0.1) is 46.7 Å². The molecule has 5 nitrogen and oxygen atoms in total. The number of hydrogen-bond acceptors (Lipinski definition) is 3. The summed E-state index contributed by atoms with van der Waals surface area (Å²) in [6, 6.07) is 34.1. The monoisotopic (exact) mass is 744 g/mol. The molecule has 0 radical (unpaired) electrons. The van der Waals surface area contributed by atoms with Crippen molar-refractivity contribution < 1.29 is 29.9 Å². The molecule has 0 amide bonds. The fraction of sp³-hybridized carbons (Fsp3) is 0.135. The van der Waals surface area contributed by atoms with Crippen molar-refractivity contribution >= 4 is 21.8 Å². The molecule has 0 aliphatic carbocycles. The number of pyridine rings is 1. The summed E-state index contributed by atoms with van der Waals surface area (Å²) in [5.41, 5.74) is 8.89. The third-order valence-corrected chi connectivity index (χ3v) is 7.56. The van der Waals surface area contributed by atoms with Gasteiger partial charge in [0.25, 0.3) is 0 Å². The maximum absolute atomic E-state index is 7.96. The first kappa shape index (κ1) is 25.1. The smallest absolute Gasteiger partial charge is 0.509 e. The van der Waals surface area contributed by atoms with Crippen LogP contribution in [0.1, 0.15) is 32.2 Å². The first-order valence-corrected chi connectivity index (χ1v) is 13.8. The SMILES string of the molecule is [2H]C([2H])([2H])c1ccc2c(c1)c1ccc(Oc3[c-]c(-n4nc(C)c(-c5ccccc5)c4C)cc(C)c3)[c-]c1n2-c1cc(C)ccn1.[Pt+2]. The van der Waals surface area contributed by atoms with Gasteiger partial charge in [-0.05, 0) is 68.0 Å². The summed E-state index contributed by atoms with van der Waals surface area (Å²) in [7, 11) is 0. The van der Waals surface area contributed by atoms with Crippen molar-refractivity contribution in [1.29, 1.82) is 0 Å². The first-order valence-electron chi connectivity index (χ1n) is 15.3. The van der Waals surface area contributed by atoms with E-state index in [4.69, 9.17) is 13.9 Å². The summed E-state index contributed by atoms with van der Waals surface area (Å²) in [5.74, 6) is 1.75. The van der Waals surface area contributed by atoms with Crippen molar-refractivity contribution in [2.45, 2.75) is 34.5 Å². The average molecular weight is 745 g/mol. The molecule has 3 aromatic heterocycles. The van der Waals surface area contributed by atoms with Crippen LogP contribution >= 0.6 is 0 Å². The summed E-state index contributed by atoms with van der Waals surface area (Å²) < 4.78 is 34.2. The third kappa shape index (κ3) is 5.19. The zero-order valence-corrected chi connectivity index (χ0v) is 26.4. The Morgan fingerprint density at radius 3 is 2.40 bits per heavy atom. The van der Waals surface area contributed by atoms with Gasteiger partial charge in [0.05, 0.1) is 5.69 Å². The number of hydrogen-bond donors (Lipinski definition) is 0. The Bertz CT molecular complexity index is 2240. The zero-order chi connectivity index (χ0) is 31.5. The Morgan fingerprint density at radius 1 is 0.767 bits per heavy atom. The van der Waals surface area contributed by atoms with Gasteiger partial charge in [0.15, 0.2) is 0 Å². The Labute approximate surface area is 270 Å². The number of rotatable bonds is 5. The van der Waals surface area contributed by atoms with E-state index in [1.807, 2.05) is 90.7 Å². The van der Waals surface area contributed by atoms with E-state index in [0.29, 0.717) is 17.3 Å². The van der Waals surface area contributed by atoms with Gasteiger partial charge in [0, 0.05) is 38.6 Å². The maximum Gasteiger partial charge on any atom is 2.00 e. The molecule has 3 heterocycles. The van der Waals surface area contributed by atoms with E-state index in [1.165, 1.54) is 0 Å². The third-order valence-electron chi connectivity index (χ3n) is 7.56. The Hall–Kier alpha value is -4.47. The van der Waals surface area contributed by atoms with Crippen LogP contribution in [0.15, 0.2) is 91.1 Å². The number of benzene rings is 4. The van der Waals surface area contributed by atoms with Crippen molar-refractivity contribution in [1.82, 2.24) is 19.3 Å². The van der Waals surface area contributed by atoms with E-state index in [1.54, 1.807) is 18.3 Å². The standard InChI is InChI=1S/C37H30N4O.Pt/c1-23-11-14-34-33(19-23)32-13-12-30(22-35(32)40(34)36-20-24(2)15-16-38-36)42-31-18-25(3)17-29(21-31)41-27(5)37(26(4)39-41)28-9-7-6-8-10-28;/h6-20H,1-5H3;/q-2;+2/i1D3;. The number of ether oxygens (including phenoxy) is 1. The van der Waals surface area contributed by atoms with Gasteiger partial charge in [-0.2, -0.15) is 16.7 Å². The molecule has 7 rings (SSSR count). The van der Waals surface area contributed by atoms with E-state index in [-0.39, 0.29) is 26.6 Å². The van der Waals surface area contributed by atoms with Crippen LogP contribution in [0.2, 0.25) is 0 Å². The molecular formula is C37H30N4OPt. The molecule has 0 aliphatic heterocycles. The summed E-state index contributed by atoms with van der Waals surface area (Å²) >= 11 is 0. The fourth-order valence-corrected chi connectivity index (χ4v) is 5.71. The Morgan fingerprint density at radius 2 is 1.60 bits per heavy atom. The maximum atomic E-state index is 7.96. The quantitative estimate of drug-likeness (QED) is 0.166. The number of fused-ring (bicyclic) bond motifs is 3. The molecule has 4 aromatic carbocycles. The van der Waals surface area contributed by atoms with Gasteiger partial charge in [-0.15, -0.1) is 35.7 Å². The van der Waals surface area contributed by atoms with Crippen molar-refractivity contribution in [3.8, 4) is 34.1 Å². The van der Waals surface area contributed by atoms with Crippen LogP contribution in [0.4, 0.5) is 0 Å². The van der Waals surface area contributed by atoms with Crippen LogP contribution in [-0.4, -0.2) is 19.3 Å². The second-order valence-corrected chi connectivity index (χ2v) is 10.7. The molecular weight excluding hydrogens is 712 g/mol. The van der Waals surface area contributed by atoms with Gasteiger partial charge in [-0.3, -0.25) is 4.68 Å². The molecule has 0 saturated carbocycles. The molecule has 214 valence electrons. The Balaban J connectivity index is 0.00000372. The predicted molar refractivity (Wildman–Crippen MR) is 169 cm³/mol. The average Bonchev–Trinajstić information content (AvgIpc) is 3.49. The van der Waals surface area contributed by atoms with Crippen LogP contribution in [0.25, 0.3) is 44.4 Å². The Kier molecular flexibility index (Phi) is 6.59. The second kappa shape index (κ2) is 11.3. The first-order chi connectivity index (χ1) is 21.6. The minimum atomic E-state index is -2.22. The van der Waals surface area contributed by atoms with E-state index in [0.717, 1.165) is 61.1 Å². The number of nitrogens with zero attached hydrogens (tertiary/aromatic N) is 4.